The third-order valence-corrected chi connectivity index (χ3v) is 2.69. The van der Waals surface area contributed by atoms with E-state index in [1.165, 1.54) is 6.20 Å². The van der Waals surface area contributed by atoms with Gasteiger partial charge >= 0.3 is 0 Å². The Morgan fingerprint density at radius 2 is 2.22 bits per heavy atom. The van der Waals surface area contributed by atoms with Crippen LogP contribution in [0.25, 0.3) is 0 Å². The highest BCUT2D eigenvalue weighted by Gasteiger charge is 2.17. The third kappa shape index (κ3) is 4.71. The van der Waals surface area contributed by atoms with E-state index in [0.717, 1.165) is 6.42 Å². The first-order valence-corrected chi connectivity index (χ1v) is 5.96. The van der Waals surface area contributed by atoms with Crippen LogP contribution >= 0.6 is 0 Å². The zero-order chi connectivity index (χ0) is 13.6. The summed E-state index contributed by atoms with van der Waals surface area (Å²) in [6.45, 7) is 5.79. The highest BCUT2D eigenvalue weighted by molar-refractivity contribution is 5.78. The number of nitrogens with zero attached hydrogens (tertiary/aromatic N) is 1. The van der Waals surface area contributed by atoms with Gasteiger partial charge in [0.2, 0.25) is 0 Å². The van der Waals surface area contributed by atoms with Gasteiger partial charge in [-0.2, -0.15) is 0 Å². The molecule has 100 valence electrons. The second kappa shape index (κ2) is 6.35. The van der Waals surface area contributed by atoms with E-state index in [4.69, 9.17) is 9.84 Å². The minimum atomic E-state index is -0.223. The van der Waals surface area contributed by atoms with Crippen LogP contribution in [0.5, 0.6) is 5.75 Å². The Morgan fingerprint density at radius 3 is 2.72 bits per heavy atom. The summed E-state index contributed by atoms with van der Waals surface area (Å²) in [6, 6.07) is 3.33. The topological polar surface area (TPSA) is 71.5 Å². The number of aliphatic hydroxyl groups is 1. The maximum atomic E-state index is 11.6. The summed E-state index contributed by atoms with van der Waals surface area (Å²) in [7, 11) is 0. The molecule has 0 bridgehead atoms. The summed E-state index contributed by atoms with van der Waals surface area (Å²) in [4.78, 5) is 15.6. The second-order valence-electron chi connectivity index (χ2n) is 4.72. The highest BCUT2D eigenvalue weighted by Crippen LogP contribution is 2.10. The van der Waals surface area contributed by atoms with Crippen LogP contribution in [0, 0.1) is 0 Å². The van der Waals surface area contributed by atoms with Crippen LogP contribution in [0.2, 0.25) is 0 Å². The fraction of sp³-hybridized carbons (Fsp3) is 0.538. The summed E-state index contributed by atoms with van der Waals surface area (Å²) in [5.74, 6) is 0.352. The van der Waals surface area contributed by atoms with E-state index in [2.05, 4.69) is 10.3 Å². The van der Waals surface area contributed by atoms with Crippen LogP contribution in [0.4, 0.5) is 0 Å². The summed E-state index contributed by atoms with van der Waals surface area (Å²) >= 11 is 0. The van der Waals surface area contributed by atoms with E-state index in [1.54, 1.807) is 12.1 Å². The van der Waals surface area contributed by atoms with Crippen molar-refractivity contribution in [3.63, 3.8) is 0 Å². The van der Waals surface area contributed by atoms with Gasteiger partial charge in [-0.15, -0.1) is 0 Å². The molecule has 0 aliphatic rings. The lowest BCUT2D eigenvalue weighted by molar-refractivity contribution is -0.124. The van der Waals surface area contributed by atoms with Gasteiger partial charge in [-0.1, -0.05) is 6.92 Å². The van der Waals surface area contributed by atoms with E-state index < -0.39 is 0 Å². The molecule has 1 heterocycles. The number of carbonyl (C=O) groups excluding carboxylic acids is 1. The molecule has 0 unspecified atom stereocenters. The molecule has 18 heavy (non-hydrogen) atoms. The van der Waals surface area contributed by atoms with Crippen LogP contribution < -0.4 is 10.1 Å². The molecule has 1 rings (SSSR count). The van der Waals surface area contributed by atoms with Gasteiger partial charge in [0, 0.05) is 5.54 Å². The van der Waals surface area contributed by atoms with Crippen LogP contribution in [0.15, 0.2) is 18.3 Å². The Balaban J connectivity index is 2.42. The number of nitrogens with one attached hydrogen (secondary N) is 1. The molecule has 0 aromatic carbocycles. The molecule has 0 aliphatic carbocycles. The molecule has 1 aromatic heterocycles. The van der Waals surface area contributed by atoms with Gasteiger partial charge in [0.1, 0.15) is 5.75 Å². The lowest BCUT2D eigenvalue weighted by Gasteiger charge is -2.24. The lowest BCUT2D eigenvalue weighted by atomic mass is 10.0. The van der Waals surface area contributed by atoms with E-state index in [1.807, 2.05) is 20.8 Å². The first-order valence-electron chi connectivity index (χ1n) is 5.96. The number of aromatic nitrogens is 1. The molecule has 0 aliphatic heterocycles. The molecule has 0 atom stereocenters. The molecular weight excluding hydrogens is 232 g/mol. The molecule has 0 saturated heterocycles. The molecule has 2 N–H and O–H groups in total. The van der Waals surface area contributed by atoms with Crippen molar-refractivity contribution in [1.29, 1.82) is 0 Å². The first-order chi connectivity index (χ1) is 8.46. The van der Waals surface area contributed by atoms with Crippen molar-refractivity contribution < 1.29 is 14.6 Å². The van der Waals surface area contributed by atoms with Crippen molar-refractivity contribution in [2.24, 2.45) is 0 Å². The van der Waals surface area contributed by atoms with E-state index >= 15 is 0 Å². The van der Waals surface area contributed by atoms with Crippen molar-refractivity contribution in [1.82, 2.24) is 10.3 Å². The van der Waals surface area contributed by atoms with Gasteiger partial charge < -0.3 is 15.2 Å². The van der Waals surface area contributed by atoms with Gasteiger partial charge in [-0.25, -0.2) is 0 Å². The van der Waals surface area contributed by atoms with Crippen LogP contribution in [0.1, 0.15) is 32.9 Å². The predicted octanol–water partition coefficient (Wildman–Crippen LogP) is 1.26. The highest BCUT2D eigenvalue weighted by atomic mass is 16.5. The molecule has 0 fully saturated rings. The fourth-order valence-corrected chi connectivity index (χ4v) is 1.24. The summed E-state index contributed by atoms with van der Waals surface area (Å²) < 4.78 is 5.30. The van der Waals surface area contributed by atoms with Gasteiger partial charge in [0.15, 0.2) is 6.61 Å². The Morgan fingerprint density at radius 1 is 1.50 bits per heavy atom. The molecule has 0 spiro atoms. The van der Waals surface area contributed by atoms with Crippen molar-refractivity contribution in [3.05, 3.63) is 24.0 Å². The summed E-state index contributed by atoms with van der Waals surface area (Å²) in [5, 5.41) is 11.7. The van der Waals surface area contributed by atoms with E-state index in [0.29, 0.717) is 11.4 Å². The molecular formula is C13H20N2O3. The summed E-state index contributed by atoms with van der Waals surface area (Å²) in [5.41, 5.74) is 0.346. The van der Waals surface area contributed by atoms with Crippen LogP contribution in [-0.4, -0.2) is 28.1 Å². The zero-order valence-corrected chi connectivity index (χ0v) is 11.1. The molecule has 5 heteroatoms. The Kier molecular flexibility index (Phi) is 5.09. The van der Waals surface area contributed by atoms with Crippen molar-refractivity contribution in [2.45, 2.75) is 39.3 Å². The number of carbonyl (C=O) groups is 1. The number of hydrogen-bond acceptors (Lipinski definition) is 4. The first kappa shape index (κ1) is 14.4. The van der Waals surface area contributed by atoms with E-state index in [-0.39, 0.29) is 24.7 Å². The molecule has 0 radical (unpaired) electrons. The van der Waals surface area contributed by atoms with Gasteiger partial charge in [-0.3, -0.25) is 9.78 Å². The van der Waals surface area contributed by atoms with E-state index in [9.17, 15) is 4.79 Å². The number of ether oxygens (including phenoxy) is 1. The smallest absolute Gasteiger partial charge is 0.258 e. The average molecular weight is 252 g/mol. The largest absolute Gasteiger partial charge is 0.482 e. The predicted molar refractivity (Wildman–Crippen MR) is 68.2 cm³/mol. The normalized spacial score (nSPS) is 11.1. The standard InChI is InChI=1S/C13H20N2O3/c1-4-13(2,3)15-12(17)9-18-11-6-5-10(8-16)14-7-11/h5-7,16H,4,8-9H2,1-3H3,(H,15,17). The van der Waals surface area contributed by atoms with Gasteiger partial charge in [0.05, 0.1) is 18.5 Å². The second-order valence-corrected chi connectivity index (χ2v) is 4.72. The SMILES string of the molecule is CCC(C)(C)NC(=O)COc1ccc(CO)nc1. The van der Waals surface area contributed by atoms with Crippen molar-refractivity contribution >= 4 is 5.91 Å². The van der Waals surface area contributed by atoms with Gasteiger partial charge in [-0.05, 0) is 32.4 Å². The monoisotopic (exact) mass is 252 g/mol. The lowest BCUT2D eigenvalue weighted by Crippen LogP contribution is -2.44. The van der Waals surface area contributed by atoms with Crippen LogP contribution in [-0.2, 0) is 11.4 Å². The maximum Gasteiger partial charge on any atom is 0.258 e. The Bertz CT molecular complexity index is 388. The number of amides is 1. The molecule has 1 aromatic rings. The number of rotatable bonds is 6. The Hall–Kier alpha value is -1.62. The van der Waals surface area contributed by atoms with Crippen molar-refractivity contribution in [2.75, 3.05) is 6.61 Å². The fourth-order valence-electron chi connectivity index (χ4n) is 1.24. The number of pyridine rings is 1. The minimum Gasteiger partial charge on any atom is -0.482 e. The third-order valence-electron chi connectivity index (χ3n) is 2.69. The molecule has 5 nitrogen and oxygen atoms in total. The van der Waals surface area contributed by atoms with Crippen LogP contribution in [0.3, 0.4) is 0 Å². The molecule has 1 amide bonds. The quantitative estimate of drug-likeness (QED) is 0.799. The maximum absolute atomic E-state index is 11.6. The Labute approximate surface area is 107 Å². The zero-order valence-electron chi connectivity index (χ0n) is 11.1. The number of hydrogen-bond donors (Lipinski definition) is 2. The van der Waals surface area contributed by atoms with Gasteiger partial charge in [0.25, 0.3) is 5.91 Å². The minimum absolute atomic E-state index is 0.0381. The number of aliphatic hydroxyl groups excluding tert-OH is 1. The average Bonchev–Trinajstić information content (AvgIpc) is 2.36. The van der Waals surface area contributed by atoms with Crippen molar-refractivity contribution in [3.8, 4) is 5.75 Å². The summed E-state index contributed by atoms with van der Waals surface area (Å²) in [6.07, 6.45) is 2.34. The molecule has 0 saturated carbocycles.